The molecule has 0 fully saturated rings. The highest BCUT2D eigenvalue weighted by molar-refractivity contribution is 4.80. The third-order valence-electron chi connectivity index (χ3n) is 1.66. The lowest BCUT2D eigenvalue weighted by Crippen LogP contribution is -1.78. The van der Waals surface area contributed by atoms with Crippen molar-refractivity contribution in [3.05, 3.63) is 12.2 Å². The Morgan fingerprint density at radius 1 is 1.00 bits per heavy atom. The van der Waals surface area contributed by atoms with Gasteiger partial charge in [-0.25, -0.2) is 5.11 Å². The van der Waals surface area contributed by atoms with Gasteiger partial charge in [0, 0.05) is 0 Å². The molecule has 1 nitrogen and oxygen atoms in total. The molecule has 0 aliphatic heterocycles. The van der Waals surface area contributed by atoms with Crippen LogP contribution < -0.4 is 0 Å². The van der Waals surface area contributed by atoms with Crippen molar-refractivity contribution in [2.24, 2.45) is 0 Å². The molecule has 1 radical (unpaired) electrons. The number of hydrogen-bond acceptors (Lipinski definition) is 0. The van der Waals surface area contributed by atoms with E-state index in [0.717, 1.165) is 19.3 Å². The molecule has 0 atom stereocenters. The zero-order valence-corrected chi connectivity index (χ0v) is 7.51. The summed E-state index contributed by atoms with van der Waals surface area (Å²) in [7, 11) is 0. The monoisotopic (exact) mass is 155 g/mol. The van der Waals surface area contributed by atoms with E-state index in [-0.39, 0.29) is 6.61 Å². The molecule has 0 aromatic rings. The molecule has 0 amide bonds. The van der Waals surface area contributed by atoms with Crippen LogP contribution >= 0.6 is 0 Å². The smallest absolute Gasteiger partial charge is 0.0822 e. The fourth-order valence-corrected chi connectivity index (χ4v) is 0.922. The summed E-state index contributed by atoms with van der Waals surface area (Å²) in [6, 6.07) is 0. The van der Waals surface area contributed by atoms with E-state index in [1.54, 1.807) is 0 Å². The van der Waals surface area contributed by atoms with Crippen molar-refractivity contribution in [2.75, 3.05) is 6.61 Å². The Morgan fingerprint density at radius 3 is 2.18 bits per heavy atom. The lowest BCUT2D eigenvalue weighted by Gasteiger charge is -1.90. The van der Waals surface area contributed by atoms with Crippen molar-refractivity contribution in [3.8, 4) is 0 Å². The van der Waals surface area contributed by atoms with E-state index in [0.29, 0.717) is 0 Å². The summed E-state index contributed by atoms with van der Waals surface area (Å²) in [5.41, 5.74) is 0. The summed E-state index contributed by atoms with van der Waals surface area (Å²) in [6.45, 7) is 2.29. The van der Waals surface area contributed by atoms with Crippen molar-refractivity contribution in [1.82, 2.24) is 0 Å². The second kappa shape index (κ2) is 9.70. The predicted octanol–water partition coefficient (Wildman–Crippen LogP) is 3.33. The van der Waals surface area contributed by atoms with Crippen LogP contribution in [0, 0.1) is 0 Å². The summed E-state index contributed by atoms with van der Waals surface area (Å²) in [5.74, 6) is 0. The minimum atomic E-state index is 0.0861. The highest BCUT2D eigenvalue weighted by Crippen LogP contribution is 1.99. The second-order valence-electron chi connectivity index (χ2n) is 2.81. The van der Waals surface area contributed by atoms with Gasteiger partial charge in [-0.1, -0.05) is 31.9 Å². The summed E-state index contributed by atoms with van der Waals surface area (Å²) < 4.78 is 0. The third-order valence-corrected chi connectivity index (χ3v) is 1.66. The van der Waals surface area contributed by atoms with Crippen molar-refractivity contribution in [2.45, 2.75) is 45.4 Å². The lowest BCUT2D eigenvalue weighted by atomic mass is 10.2. The molecule has 0 aliphatic rings. The standard InChI is InChI=1S/C10H19O/c1-2-3-4-5-6-7-8-9-10-11/h5-6H,2-4,7-10H2,1H3/b6-5+. The molecule has 0 aromatic carbocycles. The fourth-order valence-electron chi connectivity index (χ4n) is 0.922. The molecule has 0 aliphatic carbocycles. The molecule has 0 aromatic heterocycles. The Morgan fingerprint density at radius 2 is 1.64 bits per heavy atom. The zero-order chi connectivity index (χ0) is 8.36. The van der Waals surface area contributed by atoms with E-state index >= 15 is 0 Å². The topological polar surface area (TPSA) is 19.9 Å². The Bertz CT molecular complexity index is 86.9. The number of rotatable bonds is 7. The van der Waals surface area contributed by atoms with Crippen molar-refractivity contribution >= 4 is 0 Å². The molecule has 11 heavy (non-hydrogen) atoms. The van der Waals surface area contributed by atoms with E-state index in [4.69, 9.17) is 0 Å². The SMILES string of the molecule is CCCC/C=C/CCCC[O]. The Labute approximate surface area is 70.1 Å². The van der Waals surface area contributed by atoms with Gasteiger partial charge in [-0.05, 0) is 25.7 Å². The van der Waals surface area contributed by atoms with E-state index in [9.17, 15) is 5.11 Å². The van der Waals surface area contributed by atoms with Gasteiger partial charge in [0.25, 0.3) is 0 Å². The number of allylic oxidation sites excluding steroid dienone is 2. The Kier molecular flexibility index (Phi) is 9.44. The molecule has 0 saturated heterocycles. The summed E-state index contributed by atoms with van der Waals surface area (Å²) >= 11 is 0. The highest BCUT2D eigenvalue weighted by atomic mass is 16.2. The average Bonchev–Trinajstić information content (AvgIpc) is 2.03. The van der Waals surface area contributed by atoms with E-state index in [2.05, 4.69) is 19.1 Å². The number of hydrogen-bond donors (Lipinski definition) is 0. The first kappa shape index (κ1) is 10.7. The molecular formula is C10H19O. The largest absolute Gasteiger partial charge is 0.237 e. The van der Waals surface area contributed by atoms with Gasteiger partial charge in [-0.3, -0.25) is 0 Å². The van der Waals surface area contributed by atoms with Gasteiger partial charge in [-0.2, -0.15) is 0 Å². The van der Waals surface area contributed by atoms with Crippen LogP contribution in [-0.4, -0.2) is 6.61 Å². The van der Waals surface area contributed by atoms with Crippen LogP contribution in [0.15, 0.2) is 12.2 Å². The van der Waals surface area contributed by atoms with Crippen LogP contribution in [0.4, 0.5) is 0 Å². The second-order valence-corrected chi connectivity index (χ2v) is 2.81. The number of unbranched alkanes of at least 4 members (excludes halogenated alkanes) is 4. The highest BCUT2D eigenvalue weighted by Gasteiger charge is 1.82. The molecule has 0 heterocycles. The molecule has 0 spiro atoms. The third kappa shape index (κ3) is 9.70. The summed E-state index contributed by atoms with van der Waals surface area (Å²) in [4.78, 5) is 0. The Balaban J connectivity index is 2.91. The van der Waals surface area contributed by atoms with Crippen LogP contribution in [0.25, 0.3) is 0 Å². The van der Waals surface area contributed by atoms with Gasteiger partial charge in [-0.15, -0.1) is 0 Å². The quantitative estimate of drug-likeness (QED) is 0.397. The van der Waals surface area contributed by atoms with Crippen LogP contribution in [0.5, 0.6) is 0 Å². The first-order valence-corrected chi connectivity index (χ1v) is 4.65. The molecular weight excluding hydrogens is 136 g/mol. The maximum atomic E-state index is 10.0. The minimum Gasteiger partial charge on any atom is -0.237 e. The first-order valence-electron chi connectivity index (χ1n) is 4.65. The van der Waals surface area contributed by atoms with Gasteiger partial charge >= 0.3 is 0 Å². The maximum Gasteiger partial charge on any atom is 0.0822 e. The first-order chi connectivity index (χ1) is 5.41. The molecule has 1 heteroatoms. The van der Waals surface area contributed by atoms with Crippen molar-refractivity contribution in [1.29, 1.82) is 0 Å². The van der Waals surface area contributed by atoms with Crippen LogP contribution in [-0.2, 0) is 5.11 Å². The van der Waals surface area contributed by atoms with Crippen molar-refractivity contribution < 1.29 is 5.11 Å². The molecule has 0 unspecified atom stereocenters. The van der Waals surface area contributed by atoms with Gasteiger partial charge < -0.3 is 0 Å². The van der Waals surface area contributed by atoms with Gasteiger partial charge in [0.1, 0.15) is 0 Å². The van der Waals surface area contributed by atoms with Crippen molar-refractivity contribution in [3.63, 3.8) is 0 Å². The lowest BCUT2D eigenvalue weighted by molar-refractivity contribution is 0.187. The normalized spacial score (nSPS) is 11.1. The van der Waals surface area contributed by atoms with E-state index in [1.807, 2.05) is 0 Å². The minimum absolute atomic E-state index is 0.0861. The van der Waals surface area contributed by atoms with Crippen LogP contribution in [0.1, 0.15) is 45.4 Å². The molecule has 0 bridgehead atoms. The molecule has 0 saturated carbocycles. The zero-order valence-electron chi connectivity index (χ0n) is 7.51. The fraction of sp³-hybridized carbons (Fsp3) is 0.800. The molecule has 0 N–H and O–H groups in total. The van der Waals surface area contributed by atoms with E-state index in [1.165, 1.54) is 19.3 Å². The molecule has 65 valence electrons. The maximum absolute atomic E-state index is 10.0. The summed E-state index contributed by atoms with van der Waals surface area (Å²) in [5, 5.41) is 10.0. The van der Waals surface area contributed by atoms with Gasteiger partial charge in [0.2, 0.25) is 0 Å². The Hall–Kier alpha value is -0.300. The van der Waals surface area contributed by atoms with Crippen LogP contribution in [0.2, 0.25) is 0 Å². The van der Waals surface area contributed by atoms with E-state index < -0.39 is 0 Å². The average molecular weight is 155 g/mol. The summed E-state index contributed by atoms with van der Waals surface area (Å²) in [6.07, 6.45) is 11.2. The van der Waals surface area contributed by atoms with Gasteiger partial charge in [0.05, 0.1) is 6.61 Å². The predicted molar refractivity (Wildman–Crippen MR) is 48.1 cm³/mol. The van der Waals surface area contributed by atoms with Crippen LogP contribution in [0.3, 0.4) is 0 Å². The molecule has 0 rings (SSSR count). The van der Waals surface area contributed by atoms with Gasteiger partial charge in [0.15, 0.2) is 0 Å².